The number of ether oxygens (including phenoxy) is 1. The second-order valence-electron chi connectivity index (χ2n) is 10.9. The quantitative estimate of drug-likeness (QED) is 0.0679. The lowest BCUT2D eigenvalue weighted by Gasteiger charge is -2.25. The summed E-state index contributed by atoms with van der Waals surface area (Å²) in [5, 5.41) is 41.8. The highest BCUT2D eigenvalue weighted by Crippen LogP contribution is 2.69. The summed E-state index contributed by atoms with van der Waals surface area (Å²) in [7, 11) is -15.9. The summed E-state index contributed by atoms with van der Waals surface area (Å²) >= 11 is 0. The van der Waals surface area contributed by atoms with Crippen LogP contribution in [0, 0.1) is 11.8 Å². The van der Waals surface area contributed by atoms with Gasteiger partial charge in [0.15, 0.2) is 12.0 Å². The molecule has 0 amide bonds. The third-order valence-corrected chi connectivity index (χ3v) is 12.2. The number of rotatable bonds is 14. The van der Waals surface area contributed by atoms with Crippen LogP contribution in [-0.2, 0) is 46.5 Å². The summed E-state index contributed by atoms with van der Waals surface area (Å²) in [5.41, 5.74) is -1.60. The minimum atomic E-state index is -5.96. The van der Waals surface area contributed by atoms with E-state index < -0.39 is 108 Å². The highest BCUT2D eigenvalue weighted by molar-refractivity contribution is 7.66. The second-order valence-corrected chi connectivity index (χ2v) is 15.5. The minimum Gasteiger partial charge on any atom is -0.390 e. The average Bonchev–Trinajstić information content (AvgIpc) is 3.58. The predicted molar refractivity (Wildman–Crippen MR) is 152 cm³/mol. The fraction of sp³-hybridized carbons (Fsp3) is 0.619. The monoisotopic (exact) mass is 749 g/mol. The molecule has 268 valence electrons. The molecular weight excluding hydrogens is 719 g/mol. The van der Waals surface area contributed by atoms with Crippen molar-refractivity contribution in [3.05, 3.63) is 55.8 Å². The van der Waals surface area contributed by atoms with E-state index in [9.17, 15) is 63.2 Å². The Bertz CT molecular complexity index is 1850. The van der Waals surface area contributed by atoms with Crippen LogP contribution in [0.2, 0.25) is 0 Å². The van der Waals surface area contributed by atoms with Crippen LogP contribution in [0.3, 0.4) is 0 Å². The average molecular weight is 749 g/mol. The van der Waals surface area contributed by atoms with Crippen molar-refractivity contribution in [1.82, 2.24) is 19.1 Å². The minimum absolute atomic E-state index is 0.0599. The van der Waals surface area contributed by atoms with E-state index in [2.05, 4.69) is 28.4 Å². The van der Waals surface area contributed by atoms with Crippen molar-refractivity contribution in [1.29, 1.82) is 0 Å². The SMILES string of the molecule is CONc1ccn([C@]23C[C@H]2[C@H](COP(=O)(O)OP(=O)(O)OP(=O)(O)OC[C@H]2O[C@@H](n4ccc(=O)[nH]c4=O)[C@H](O)[C@@H]2O)[C@@H](O)[C@H]3O)c(=O)n1. The number of phosphoric ester groups is 2. The maximum Gasteiger partial charge on any atom is 0.490 e. The molecule has 1 saturated heterocycles. The van der Waals surface area contributed by atoms with Crippen molar-refractivity contribution >= 4 is 29.3 Å². The van der Waals surface area contributed by atoms with Gasteiger partial charge in [0, 0.05) is 24.4 Å². The third-order valence-electron chi connectivity index (χ3n) is 7.99. The Balaban J connectivity index is 1.16. The molecular formula is C21H30N5O19P3. The molecule has 2 aromatic heterocycles. The normalized spacial score (nSPS) is 34.9. The number of hydrogen-bond donors (Lipinski definition) is 9. The molecule has 0 spiro atoms. The van der Waals surface area contributed by atoms with E-state index in [4.69, 9.17) is 9.26 Å². The molecule has 3 fully saturated rings. The van der Waals surface area contributed by atoms with Gasteiger partial charge in [0.2, 0.25) is 0 Å². The fourth-order valence-corrected chi connectivity index (χ4v) is 9.38. The van der Waals surface area contributed by atoms with E-state index in [-0.39, 0.29) is 12.2 Å². The number of aliphatic hydroxyl groups excluding tert-OH is 4. The van der Waals surface area contributed by atoms with Gasteiger partial charge in [-0.15, -0.1) is 0 Å². The van der Waals surface area contributed by atoms with Crippen molar-refractivity contribution in [2.45, 2.75) is 48.7 Å². The molecule has 1 aliphatic heterocycles. The number of H-pyrrole nitrogens is 1. The zero-order valence-corrected chi connectivity index (χ0v) is 26.9. The summed E-state index contributed by atoms with van der Waals surface area (Å²) in [4.78, 5) is 76.0. The van der Waals surface area contributed by atoms with E-state index in [1.165, 1.54) is 19.4 Å². The third kappa shape index (κ3) is 7.35. The van der Waals surface area contributed by atoms with Gasteiger partial charge in [-0.2, -0.15) is 13.6 Å². The van der Waals surface area contributed by atoms with E-state index in [0.29, 0.717) is 4.57 Å². The number of nitrogens with zero attached hydrogens (tertiary/aromatic N) is 3. The highest BCUT2D eigenvalue weighted by Gasteiger charge is 2.72. The first-order valence-corrected chi connectivity index (χ1v) is 18.1. The van der Waals surface area contributed by atoms with Crippen LogP contribution >= 0.6 is 23.5 Å². The number of phosphoric acid groups is 3. The number of aromatic amines is 1. The second kappa shape index (κ2) is 13.3. The molecule has 2 saturated carbocycles. The zero-order chi connectivity index (χ0) is 35.4. The molecule has 24 nitrogen and oxygen atoms in total. The molecule has 27 heteroatoms. The van der Waals surface area contributed by atoms with Crippen LogP contribution in [0.1, 0.15) is 12.6 Å². The fourth-order valence-electron chi connectivity index (χ4n) is 5.83. The van der Waals surface area contributed by atoms with Gasteiger partial charge in [0.25, 0.3) is 5.56 Å². The number of nitrogens with one attached hydrogen (secondary N) is 2. The lowest BCUT2D eigenvalue weighted by molar-refractivity contribution is -0.0542. The molecule has 0 bridgehead atoms. The van der Waals surface area contributed by atoms with Gasteiger partial charge in [-0.1, -0.05) is 0 Å². The van der Waals surface area contributed by atoms with Gasteiger partial charge in [0.05, 0.1) is 32.0 Å². The smallest absolute Gasteiger partial charge is 0.390 e. The van der Waals surface area contributed by atoms with Gasteiger partial charge in [0.1, 0.15) is 24.4 Å². The number of anilines is 1. The van der Waals surface area contributed by atoms with Crippen molar-refractivity contribution in [3.8, 4) is 0 Å². The Morgan fingerprint density at radius 3 is 2.21 bits per heavy atom. The van der Waals surface area contributed by atoms with Crippen LogP contribution in [-0.4, -0.2) is 105 Å². The molecule has 9 N–H and O–H groups in total. The molecule has 2 aromatic rings. The Hall–Kier alpha value is -2.47. The van der Waals surface area contributed by atoms with Crippen LogP contribution in [0.5, 0.6) is 0 Å². The molecule has 0 aromatic carbocycles. The van der Waals surface area contributed by atoms with Crippen molar-refractivity contribution in [3.63, 3.8) is 0 Å². The Kier molecular flexibility index (Phi) is 10.2. The van der Waals surface area contributed by atoms with Crippen molar-refractivity contribution in [2.75, 3.05) is 25.8 Å². The standard InChI is InChI=1S/C21H30N5O19P3/c1-40-24-12-2-5-26(20(33)22-12)21-6-10(21)9(14(28)17(21)31)7-41-46(34,35)44-48(38,39)45-47(36,37)42-8-11-15(29)16(30)18(43-11)25-4-3-13(27)23-19(25)32/h2-5,9-11,14-18,28-31H,6-8H2,1H3,(H,34,35)(H,36,37)(H,38,39)(H,22,24,33)(H,23,27,32)/t9-,10-,11+,14+,15+,16+,17+,18+,21+/m0/s1. The molecule has 3 unspecified atom stereocenters. The summed E-state index contributed by atoms with van der Waals surface area (Å²) in [6.45, 7) is -1.97. The van der Waals surface area contributed by atoms with E-state index in [0.717, 1.165) is 16.8 Å². The van der Waals surface area contributed by atoms with E-state index >= 15 is 0 Å². The molecule has 0 radical (unpaired) electrons. The predicted octanol–water partition coefficient (Wildman–Crippen LogP) is -3.18. The number of aliphatic hydroxyl groups is 4. The van der Waals surface area contributed by atoms with Crippen LogP contribution in [0.4, 0.5) is 5.82 Å². The van der Waals surface area contributed by atoms with Gasteiger partial charge in [-0.05, 0) is 18.4 Å². The lowest BCUT2D eigenvalue weighted by Crippen LogP contribution is -2.43. The van der Waals surface area contributed by atoms with E-state index in [1.807, 2.05) is 4.98 Å². The number of hydrogen-bond acceptors (Lipinski definition) is 18. The molecule has 3 heterocycles. The lowest BCUT2D eigenvalue weighted by atomic mass is 10.0. The molecule has 2 aliphatic carbocycles. The zero-order valence-electron chi connectivity index (χ0n) is 24.3. The summed E-state index contributed by atoms with van der Waals surface area (Å²) in [5.74, 6) is -1.74. The van der Waals surface area contributed by atoms with Crippen molar-refractivity contribution < 1.29 is 76.0 Å². The maximum atomic E-state index is 12.6. The maximum absolute atomic E-state index is 12.6. The Morgan fingerprint density at radius 1 is 0.958 bits per heavy atom. The van der Waals surface area contributed by atoms with Crippen LogP contribution < -0.4 is 22.4 Å². The highest BCUT2D eigenvalue weighted by atomic mass is 31.3. The number of fused-ring (bicyclic) bond motifs is 1. The van der Waals surface area contributed by atoms with Gasteiger partial charge in [-0.3, -0.25) is 32.8 Å². The van der Waals surface area contributed by atoms with Gasteiger partial charge < -0.3 is 39.8 Å². The summed E-state index contributed by atoms with van der Waals surface area (Å²) in [6.07, 6.45) is -7.74. The molecule has 12 atom stereocenters. The van der Waals surface area contributed by atoms with Crippen LogP contribution in [0.15, 0.2) is 38.9 Å². The molecule has 48 heavy (non-hydrogen) atoms. The van der Waals surface area contributed by atoms with Crippen LogP contribution in [0.25, 0.3) is 0 Å². The summed E-state index contributed by atoms with van der Waals surface area (Å²) < 4.78 is 61.5. The first-order chi connectivity index (χ1) is 22.3. The Labute approximate surface area is 266 Å². The molecule has 3 aliphatic rings. The largest absolute Gasteiger partial charge is 0.490 e. The van der Waals surface area contributed by atoms with E-state index in [1.54, 1.807) is 0 Å². The Morgan fingerprint density at radius 2 is 1.60 bits per heavy atom. The topological polar surface area (TPSA) is 350 Å². The summed E-state index contributed by atoms with van der Waals surface area (Å²) in [6, 6.07) is 2.27. The van der Waals surface area contributed by atoms with Crippen molar-refractivity contribution in [2.24, 2.45) is 11.8 Å². The van der Waals surface area contributed by atoms with Gasteiger partial charge >= 0.3 is 34.8 Å². The first-order valence-electron chi connectivity index (χ1n) is 13.6. The first kappa shape index (κ1) is 36.8. The molecule has 5 rings (SSSR count). The number of aromatic nitrogens is 4. The van der Waals surface area contributed by atoms with Gasteiger partial charge in [-0.25, -0.2) is 28.8 Å².